The van der Waals surface area contributed by atoms with Crippen LogP contribution in [0.2, 0.25) is 0 Å². The highest BCUT2D eigenvalue weighted by Gasteiger charge is 2.18. The van der Waals surface area contributed by atoms with Crippen molar-refractivity contribution in [3.8, 4) is 0 Å². The van der Waals surface area contributed by atoms with Gasteiger partial charge in [0.1, 0.15) is 11.6 Å². The average Bonchev–Trinajstić information content (AvgIpc) is 2.49. The Morgan fingerprint density at radius 1 is 1.32 bits per heavy atom. The first kappa shape index (κ1) is 16.7. The van der Waals surface area contributed by atoms with Crippen molar-refractivity contribution in [1.82, 2.24) is 10.2 Å². The molecule has 0 bridgehead atoms. The van der Waals surface area contributed by atoms with Gasteiger partial charge in [0.05, 0.1) is 0 Å². The highest BCUT2D eigenvalue weighted by molar-refractivity contribution is 5.80. The molecule has 0 saturated carbocycles. The van der Waals surface area contributed by atoms with E-state index in [1.165, 1.54) is 25.0 Å². The van der Waals surface area contributed by atoms with Crippen LogP contribution in [-0.4, -0.2) is 37.0 Å². The lowest BCUT2D eigenvalue weighted by molar-refractivity contribution is 0.273. The predicted octanol–water partition coefficient (Wildman–Crippen LogP) is 3.20. The molecule has 1 aromatic rings. The Bertz CT molecular complexity index is 509. The van der Waals surface area contributed by atoms with E-state index in [0.717, 1.165) is 37.6 Å². The zero-order chi connectivity index (χ0) is 15.9. The van der Waals surface area contributed by atoms with Gasteiger partial charge >= 0.3 is 0 Å². The van der Waals surface area contributed by atoms with Gasteiger partial charge in [0, 0.05) is 32.2 Å². The second kappa shape index (κ2) is 8.11. The smallest absolute Gasteiger partial charge is 0.193 e. The Morgan fingerprint density at radius 2 is 2.05 bits per heavy atom. The van der Waals surface area contributed by atoms with E-state index in [0.29, 0.717) is 18.5 Å². The minimum Gasteiger partial charge on any atom is -0.357 e. The van der Waals surface area contributed by atoms with E-state index in [4.69, 9.17) is 0 Å². The molecule has 1 fully saturated rings. The van der Waals surface area contributed by atoms with Crippen molar-refractivity contribution in [2.24, 2.45) is 10.9 Å². The van der Waals surface area contributed by atoms with Crippen LogP contribution in [-0.2, 0) is 6.42 Å². The predicted molar refractivity (Wildman–Crippen MR) is 86.0 cm³/mol. The van der Waals surface area contributed by atoms with Crippen molar-refractivity contribution >= 4 is 5.96 Å². The van der Waals surface area contributed by atoms with Crippen molar-refractivity contribution in [3.63, 3.8) is 0 Å². The molecule has 1 aliphatic heterocycles. The number of likely N-dealkylation sites (tertiary alicyclic amines) is 1. The highest BCUT2D eigenvalue weighted by Crippen LogP contribution is 2.16. The summed E-state index contributed by atoms with van der Waals surface area (Å²) in [5.74, 6) is 0.636. The van der Waals surface area contributed by atoms with Crippen LogP contribution in [0.4, 0.5) is 8.78 Å². The summed E-state index contributed by atoms with van der Waals surface area (Å²) < 4.78 is 26.5. The SMILES string of the molecule is CCNC(=NCCc1ccc(F)cc1F)N1CCC(C)CC1. The maximum atomic E-state index is 13.6. The van der Waals surface area contributed by atoms with Crippen molar-refractivity contribution < 1.29 is 8.78 Å². The molecule has 22 heavy (non-hydrogen) atoms. The number of rotatable bonds is 4. The molecule has 0 radical (unpaired) electrons. The summed E-state index contributed by atoms with van der Waals surface area (Å²) in [6.45, 7) is 7.66. The normalized spacial score (nSPS) is 16.9. The second-order valence-corrected chi connectivity index (χ2v) is 5.89. The first-order valence-corrected chi connectivity index (χ1v) is 8.07. The Balaban J connectivity index is 1.95. The van der Waals surface area contributed by atoms with E-state index in [1.54, 1.807) is 0 Å². The summed E-state index contributed by atoms with van der Waals surface area (Å²) in [6, 6.07) is 3.71. The largest absolute Gasteiger partial charge is 0.357 e. The first-order chi connectivity index (χ1) is 10.6. The fourth-order valence-electron chi connectivity index (χ4n) is 2.65. The van der Waals surface area contributed by atoms with E-state index >= 15 is 0 Å². The van der Waals surface area contributed by atoms with Crippen LogP contribution in [0.3, 0.4) is 0 Å². The molecule has 5 heteroatoms. The molecule has 1 aromatic carbocycles. The fourth-order valence-corrected chi connectivity index (χ4v) is 2.65. The number of aliphatic imine (C=N–C) groups is 1. The van der Waals surface area contributed by atoms with Crippen LogP contribution >= 0.6 is 0 Å². The Hall–Kier alpha value is -1.65. The highest BCUT2D eigenvalue weighted by atomic mass is 19.1. The van der Waals surface area contributed by atoms with Gasteiger partial charge in [0.2, 0.25) is 0 Å². The van der Waals surface area contributed by atoms with Crippen molar-refractivity contribution in [2.75, 3.05) is 26.2 Å². The molecule has 0 aromatic heterocycles. The van der Waals surface area contributed by atoms with Crippen molar-refractivity contribution in [1.29, 1.82) is 0 Å². The third-order valence-corrected chi connectivity index (χ3v) is 4.08. The molecule has 0 spiro atoms. The number of piperidine rings is 1. The van der Waals surface area contributed by atoms with E-state index in [2.05, 4.69) is 22.1 Å². The molecular weight excluding hydrogens is 284 g/mol. The van der Waals surface area contributed by atoms with Crippen molar-refractivity contribution in [2.45, 2.75) is 33.1 Å². The monoisotopic (exact) mass is 309 g/mol. The number of guanidine groups is 1. The standard InChI is InChI=1S/C17H25F2N3/c1-3-20-17(22-10-7-13(2)8-11-22)21-9-6-14-4-5-15(18)12-16(14)19/h4-5,12-13H,3,6-11H2,1-2H3,(H,20,21). The quantitative estimate of drug-likeness (QED) is 0.683. The van der Waals surface area contributed by atoms with Gasteiger partial charge in [-0.2, -0.15) is 0 Å². The van der Waals surface area contributed by atoms with Crippen molar-refractivity contribution in [3.05, 3.63) is 35.4 Å². The van der Waals surface area contributed by atoms with E-state index < -0.39 is 11.6 Å². The number of nitrogens with one attached hydrogen (secondary N) is 1. The van der Waals surface area contributed by atoms with Crippen LogP contribution in [0, 0.1) is 17.6 Å². The average molecular weight is 309 g/mol. The molecular formula is C17H25F2N3. The zero-order valence-corrected chi connectivity index (χ0v) is 13.4. The summed E-state index contributed by atoms with van der Waals surface area (Å²) >= 11 is 0. The summed E-state index contributed by atoms with van der Waals surface area (Å²) in [5.41, 5.74) is 0.508. The molecule has 0 unspecified atom stereocenters. The number of benzene rings is 1. The third kappa shape index (κ3) is 4.68. The first-order valence-electron chi connectivity index (χ1n) is 8.07. The van der Waals surface area contributed by atoms with E-state index in [-0.39, 0.29) is 0 Å². The van der Waals surface area contributed by atoms with E-state index in [9.17, 15) is 8.78 Å². The minimum atomic E-state index is -0.541. The van der Waals surface area contributed by atoms with Crippen LogP contribution in [0.25, 0.3) is 0 Å². The molecule has 3 nitrogen and oxygen atoms in total. The summed E-state index contributed by atoms with van der Waals surface area (Å²) in [4.78, 5) is 6.86. The lowest BCUT2D eigenvalue weighted by atomic mass is 10.00. The number of halogens is 2. The summed E-state index contributed by atoms with van der Waals surface area (Å²) in [6.07, 6.45) is 2.83. The molecule has 2 rings (SSSR count). The van der Waals surface area contributed by atoms with E-state index in [1.807, 2.05) is 6.92 Å². The van der Waals surface area contributed by atoms with Gasteiger partial charge in [-0.25, -0.2) is 8.78 Å². The van der Waals surface area contributed by atoms with Gasteiger partial charge < -0.3 is 10.2 Å². The molecule has 0 aliphatic carbocycles. The number of nitrogens with zero attached hydrogens (tertiary/aromatic N) is 2. The second-order valence-electron chi connectivity index (χ2n) is 5.89. The maximum Gasteiger partial charge on any atom is 0.193 e. The van der Waals surface area contributed by atoms with Crippen LogP contribution in [0.5, 0.6) is 0 Å². The number of hydrogen-bond acceptors (Lipinski definition) is 1. The fraction of sp³-hybridized carbons (Fsp3) is 0.588. The van der Waals surface area contributed by atoms with Gasteiger partial charge in [0.25, 0.3) is 0 Å². The molecule has 1 saturated heterocycles. The minimum absolute atomic E-state index is 0.477. The number of hydrogen-bond donors (Lipinski definition) is 1. The van der Waals surface area contributed by atoms with Gasteiger partial charge in [-0.1, -0.05) is 13.0 Å². The zero-order valence-electron chi connectivity index (χ0n) is 13.4. The van der Waals surface area contributed by atoms with Crippen LogP contribution in [0.15, 0.2) is 23.2 Å². The molecule has 1 aliphatic rings. The topological polar surface area (TPSA) is 27.6 Å². The molecule has 0 amide bonds. The maximum absolute atomic E-state index is 13.6. The molecule has 1 heterocycles. The lowest BCUT2D eigenvalue weighted by Gasteiger charge is -2.33. The Labute approximate surface area is 131 Å². The third-order valence-electron chi connectivity index (χ3n) is 4.08. The summed E-state index contributed by atoms with van der Waals surface area (Å²) in [7, 11) is 0. The summed E-state index contributed by atoms with van der Waals surface area (Å²) in [5, 5.41) is 3.30. The lowest BCUT2D eigenvalue weighted by Crippen LogP contribution is -2.45. The van der Waals surface area contributed by atoms with Gasteiger partial charge in [-0.3, -0.25) is 4.99 Å². The molecule has 122 valence electrons. The molecule has 0 atom stereocenters. The van der Waals surface area contributed by atoms with Gasteiger partial charge in [0.15, 0.2) is 5.96 Å². The molecule has 1 N–H and O–H groups in total. The van der Waals surface area contributed by atoms with Gasteiger partial charge in [-0.05, 0) is 43.7 Å². The Kier molecular flexibility index (Phi) is 6.16. The van der Waals surface area contributed by atoms with Crippen LogP contribution in [0.1, 0.15) is 32.3 Å². The Morgan fingerprint density at radius 3 is 2.68 bits per heavy atom. The van der Waals surface area contributed by atoms with Crippen LogP contribution < -0.4 is 5.32 Å². The van der Waals surface area contributed by atoms with Gasteiger partial charge in [-0.15, -0.1) is 0 Å².